The van der Waals surface area contributed by atoms with E-state index in [1.54, 1.807) is 13.8 Å². The van der Waals surface area contributed by atoms with Crippen molar-refractivity contribution in [2.45, 2.75) is 26.2 Å². The molecule has 0 amide bonds. The smallest absolute Gasteiger partial charge is 0.343 e. The molecule has 1 unspecified atom stereocenters. The van der Waals surface area contributed by atoms with Crippen LogP contribution in [0.4, 0.5) is 0 Å². The normalized spacial score (nSPS) is 12.0. The molecule has 0 saturated carbocycles. The van der Waals surface area contributed by atoms with Crippen molar-refractivity contribution < 1.29 is 24.2 Å². The lowest BCUT2D eigenvalue weighted by Gasteiger charge is -2.20. The molecule has 0 aliphatic carbocycles. The number of aromatic hydroxyl groups is 1. The first-order valence-electron chi connectivity index (χ1n) is 6.43. The Hall–Kier alpha value is -2.31. The highest BCUT2D eigenvalue weighted by atomic mass is 16.5. The molecule has 0 aliphatic heterocycles. The SMILES string of the molecule is COC(=O)CC(c1c(O)c(C(=O)OC)c[nH]c1=O)C(C)C. The molecule has 0 aliphatic rings. The summed E-state index contributed by atoms with van der Waals surface area (Å²) in [4.78, 5) is 37.4. The molecule has 7 nitrogen and oxygen atoms in total. The van der Waals surface area contributed by atoms with Crippen molar-refractivity contribution >= 4 is 11.9 Å². The van der Waals surface area contributed by atoms with E-state index in [-0.39, 0.29) is 23.5 Å². The maximum atomic E-state index is 12.0. The molecule has 0 radical (unpaired) electrons. The first kappa shape index (κ1) is 16.7. The number of ether oxygens (including phenoxy) is 2. The molecule has 1 atom stereocenters. The largest absolute Gasteiger partial charge is 0.506 e. The molecule has 0 fully saturated rings. The standard InChI is InChI=1S/C14H19NO6/c1-7(2)8(5-10(16)20-3)11-12(17)9(14(19)21-4)6-15-13(11)18/h6-8H,5H2,1-4H3,(H2,15,17,18). The van der Waals surface area contributed by atoms with Gasteiger partial charge in [0, 0.05) is 12.1 Å². The number of aromatic nitrogens is 1. The van der Waals surface area contributed by atoms with Gasteiger partial charge in [0.25, 0.3) is 5.56 Å². The molecule has 21 heavy (non-hydrogen) atoms. The zero-order valence-electron chi connectivity index (χ0n) is 12.4. The van der Waals surface area contributed by atoms with Gasteiger partial charge in [0.15, 0.2) is 0 Å². The van der Waals surface area contributed by atoms with Crippen LogP contribution in [0.25, 0.3) is 0 Å². The van der Waals surface area contributed by atoms with Crippen LogP contribution in [0.5, 0.6) is 5.75 Å². The van der Waals surface area contributed by atoms with Crippen LogP contribution < -0.4 is 5.56 Å². The van der Waals surface area contributed by atoms with E-state index in [1.807, 2.05) is 0 Å². The fourth-order valence-corrected chi connectivity index (χ4v) is 2.08. The molecule has 1 heterocycles. The van der Waals surface area contributed by atoms with E-state index in [4.69, 9.17) is 0 Å². The molecule has 0 spiro atoms. The monoisotopic (exact) mass is 297 g/mol. The second-order valence-corrected chi connectivity index (χ2v) is 4.92. The third-order valence-corrected chi connectivity index (χ3v) is 3.30. The summed E-state index contributed by atoms with van der Waals surface area (Å²) in [6, 6.07) is 0. The Balaban J connectivity index is 3.40. The van der Waals surface area contributed by atoms with Gasteiger partial charge in [-0.15, -0.1) is 0 Å². The van der Waals surface area contributed by atoms with Gasteiger partial charge in [0.1, 0.15) is 11.3 Å². The van der Waals surface area contributed by atoms with Gasteiger partial charge in [-0.3, -0.25) is 9.59 Å². The molecule has 1 aromatic rings. The number of esters is 2. The summed E-state index contributed by atoms with van der Waals surface area (Å²) in [5.74, 6) is -2.44. The minimum Gasteiger partial charge on any atom is -0.506 e. The van der Waals surface area contributed by atoms with E-state index >= 15 is 0 Å². The summed E-state index contributed by atoms with van der Waals surface area (Å²) < 4.78 is 9.15. The zero-order valence-corrected chi connectivity index (χ0v) is 12.4. The van der Waals surface area contributed by atoms with Gasteiger partial charge in [0.05, 0.1) is 26.2 Å². The average Bonchev–Trinajstić information content (AvgIpc) is 2.45. The van der Waals surface area contributed by atoms with Crippen molar-refractivity contribution in [3.8, 4) is 5.75 Å². The van der Waals surface area contributed by atoms with Crippen LogP contribution in [0.1, 0.15) is 42.1 Å². The van der Waals surface area contributed by atoms with Crippen LogP contribution >= 0.6 is 0 Å². The summed E-state index contributed by atoms with van der Waals surface area (Å²) in [6.45, 7) is 3.61. The molecular weight excluding hydrogens is 278 g/mol. The molecule has 1 aromatic heterocycles. The number of nitrogens with one attached hydrogen (secondary N) is 1. The van der Waals surface area contributed by atoms with Crippen LogP contribution in [0, 0.1) is 5.92 Å². The Labute approximate surface area is 121 Å². The molecular formula is C14H19NO6. The minimum absolute atomic E-state index is 0.0155. The highest BCUT2D eigenvalue weighted by Crippen LogP contribution is 2.33. The van der Waals surface area contributed by atoms with Crippen LogP contribution in [0.2, 0.25) is 0 Å². The average molecular weight is 297 g/mol. The van der Waals surface area contributed by atoms with Gasteiger partial charge in [0.2, 0.25) is 0 Å². The van der Waals surface area contributed by atoms with Crippen molar-refractivity contribution in [3.63, 3.8) is 0 Å². The predicted octanol–water partition coefficient (Wildman–Crippen LogP) is 1.17. The van der Waals surface area contributed by atoms with E-state index < -0.39 is 29.2 Å². The van der Waals surface area contributed by atoms with Crippen molar-refractivity contribution in [2.75, 3.05) is 14.2 Å². The number of carbonyl (C=O) groups excluding carboxylic acids is 2. The summed E-state index contributed by atoms with van der Waals surface area (Å²) in [6.07, 6.45) is 1.01. The molecule has 116 valence electrons. The highest BCUT2D eigenvalue weighted by molar-refractivity contribution is 5.92. The predicted molar refractivity (Wildman–Crippen MR) is 74.3 cm³/mol. The summed E-state index contributed by atoms with van der Waals surface area (Å²) in [7, 11) is 2.41. The first-order chi connectivity index (χ1) is 9.83. The number of rotatable bonds is 5. The molecule has 1 rings (SSSR count). The Morgan fingerprint density at radius 1 is 1.29 bits per heavy atom. The van der Waals surface area contributed by atoms with Gasteiger partial charge in [-0.05, 0) is 5.92 Å². The summed E-state index contributed by atoms with van der Waals surface area (Å²) in [5, 5.41) is 10.2. The maximum absolute atomic E-state index is 12.0. The first-order valence-corrected chi connectivity index (χ1v) is 6.43. The molecule has 0 bridgehead atoms. The number of hydrogen-bond acceptors (Lipinski definition) is 6. The van der Waals surface area contributed by atoms with Crippen LogP contribution in [0.3, 0.4) is 0 Å². The Morgan fingerprint density at radius 3 is 2.38 bits per heavy atom. The lowest BCUT2D eigenvalue weighted by Crippen LogP contribution is -2.24. The van der Waals surface area contributed by atoms with E-state index in [1.165, 1.54) is 14.2 Å². The third-order valence-electron chi connectivity index (χ3n) is 3.30. The molecule has 0 aromatic carbocycles. The van der Waals surface area contributed by atoms with Gasteiger partial charge in [-0.1, -0.05) is 13.8 Å². The van der Waals surface area contributed by atoms with Crippen molar-refractivity contribution in [3.05, 3.63) is 27.7 Å². The van der Waals surface area contributed by atoms with Gasteiger partial charge >= 0.3 is 11.9 Å². The number of pyridine rings is 1. The third kappa shape index (κ3) is 3.62. The van der Waals surface area contributed by atoms with E-state index in [2.05, 4.69) is 14.5 Å². The van der Waals surface area contributed by atoms with Crippen molar-refractivity contribution in [1.82, 2.24) is 4.98 Å². The second-order valence-electron chi connectivity index (χ2n) is 4.92. The lowest BCUT2D eigenvalue weighted by molar-refractivity contribution is -0.141. The summed E-state index contributed by atoms with van der Waals surface area (Å²) in [5.41, 5.74) is -0.719. The van der Waals surface area contributed by atoms with Crippen LogP contribution in [0.15, 0.2) is 11.0 Å². The van der Waals surface area contributed by atoms with E-state index in [9.17, 15) is 19.5 Å². The van der Waals surface area contributed by atoms with Gasteiger partial charge < -0.3 is 19.6 Å². The molecule has 0 saturated heterocycles. The maximum Gasteiger partial charge on any atom is 0.343 e. The number of methoxy groups -OCH3 is 2. The van der Waals surface area contributed by atoms with Crippen molar-refractivity contribution in [2.24, 2.45) is 5.92 Å². The number of hydrogen-bond donors (Lipinski definition) is 2. The van der Waals surface area contributed by atoms with E-state index in [0.29, 0.717) is 0 Å². The van der Waals surface area contributed by atoms with E-state index in [0.717, 1.165) is 6.20 Å². The molecule has 2 N–H and O–H groups in total. The summed E-state index contributed by atoms with van der Waals surface area (Å²) >= 11 is 0. The van der Waals surface area contributed by atoms with Crippen LogP contribution in [-0.2, 0) is 14.3 Å². The van der Waals surface area contributed by atoms with Gasteiger partial charge in [-0.2, -0.15) is 0 Å². The fraction of sp³-hybridized carbons (Fsp3) is 0.500. The highest BCUT2D eigenvalue weighted by Gasteiger charge is 2.28. The topological polar surface area (TPSA) is 106 Å². The Bertz CT molecular complexity index is 590. The minimum atomic E-state index is -0.773. The molecule has 7 heteroatoms. The quantitative estimate of drug-likeness (QED) is 0.790. The Kier molecular flexibility index (Phi) is 5.52. The zero-order chi connectivity index (χ0) is 16.2. The lowest BCUT2D eigenvalue weighted by atomic mass is 9.85. The van der Waals surface area contributed by atoms with Crippen LogP contribution in [-0.4, -0.2) is 36.2 Å². The van der Waals surface area contributed by atoms with Gasteiger partial charge in [-0.25, -0.2) is 4.79 Å². The fourth-order valence-electron chi connectivity index (χ4n) is 2.08. The number of H-pyrrole nitrogens is 1. The second kappa shape index (κ2) is 6.92. The number of carbonyl (C=O) groups is 2. The Morgan fingerprint density at radius 2 is 1.90 bits per heavy atom. The van der Waals surface area contributed by atoms with Crippen molar-refractivity contribution in [1.29, 1.82) is 0 Å². The number of aromatic amines is 1.